The molecule has 6 heteroatoms. The van der Waals surface area contributed by atoms with Crippen LogP contribution in [-0.2, 0) is 0 Å². The minimum absolute atomic E-state index is 0. The topological polar surface area (TPSA) is 35.5 Å². The second-order valence-corrected chi connectivity index (χ2v) is 7.29. The molecule has 0 aliphatic carbocycles. The van der Waals surface area contributed by atoms with Gasteiger partial charge in [-0.2, -0.15) is 0 Å². The maximum atomic E-state index is 10.5. The molecule has 0 bridgehead atoms. The van der Waals surface area contributed by atoms with Crippen molar-refractivity contribution in [1.82, 2.24) is 10.2 Å². The lowest BCUT2D eigenvalue weighted by atomic mass is 9.90. The number of nitrogens with zero attached hydrogens (tertiary/aromatic N) is 1. The minimum atomic E-state index is 0. The van der Waals surface area contributed by atoms with Crippen LogP contribution in [0.4, 0.5) is 0 Å². The van der Waals surface area contributed by atoms with Gasteiger partial charge in [0.1, 0.15) is 5.75 Å². The Hall–Kier alpha value is -0.000000000000000111. The van der Waals surface area contributed by atoms with Crippen LogP contribution in [0, 0.1) is 19.8 Å². The van der Waals surface area contributed by atoms with Crippen LogP contribution in [-0.4, -0.2) is 36.2 Å². The molecule has 0 unspecified atom stereocenters. The fraction of sp³-hybridized carbons (Fsp3) is 0.647. The van der Waals surface area contributed by atoms with Gasteiger partial charge < -0.3 is 10.4 Å². The standard InChI is InChI=1S/C17H27BrN2O.2ClH/c1-11(2)9-14(20-7-5-19-6-8-20)16-13(4)17(18)12(3)10-15(16)21;;/h10-11,14,19,21H,5-9H2,1-4H3;2*1H/t14-;;/m1../s1. The van der Waals surface area contributed by atoms with E-state index in [2.05, 4.69) is 46.9 Å². The van der Waals surface area contributed by atoms with Gasteiger partial charge in [-0.1, -0.05) is 29.8 Å². The van der Waals surface area contributed by atoms with Gasteiger partial charge in [0.15, 0.2) is 0 Å². The average Bonchev–Trinajstić information content (AvgIpc) is 2.44. The molecule has 1 aromatic carbocycles. The molecular formula is C17H29BrCl2N2O. The molecule has 1 atom stereocenters. The van der Waals surface area contributed by atoms with Crippen molar-refractivity contribution in [1.29, 1.82) is 0 Å². The van der Waals surface area contributed by atoms with E-state index in [4.69, 9.17) is 0 Å². The Morgan fingerprint density at radius 2 is 1.78 bits per heavy atom. The normalized spacial score (nSPS) is 16.6. The Kier molecular flexibility index (Phi) is 10.1. The molecule has 1 aromatic rings. The highest BCUT2D eigenvalue weighted by atomic mass is 79.9. The Bertz CT molecular complexity index is 506. The molecule has 2 N–H and O–H groups in total. The van der Waals surface area contributed by atoms with E-state index in [1.165, 1.54) is 5.56 Å². The number of halogens is 3. The summed E-state index contributed by atoms with van der Waals surface area (Å²) in [7, 11) is 0. The number of aromatic hydroxyl groups is 1. The van der Waals surface area contributed by atoms with Gasteiger partial charge in [0.05, 0.1) is 0 Å². The Labute approximate surface area is 161 Å². The van der Waals surface area contributed by atoms with Crippen molar-refractivity contribution in [2.45, 2.75) is 40.2 Å². The lowest BCUT2D eigenvalue weighted by molar-refractivity contribution is 0.151. The van der Waals surface area contributed by atoms with Crippen molar-refractivity contribution in [3.63, 3.8) is 0 Å². The number of benzene rings is 1. The number of hydrogen-bond acceptors (Lipinski definition) is 3. The zero-order valence-corrected chi connectivity index (χ0v) is 17.6. The second kappa shape index (κ2) is 10.1. The first kappa shape index (κ1) is 23.0. The molecular weight excluding hydrogens is 399 g/mol. The number of hydrogen-bond donors (Lipinski definition) is 2. The van der Waals surface area contributed by atoms with Crippen LogP contribution in [0.2, 0.25) is 0 Å². The van der Waals surface area contributed by atoms with Crippen LogP contribution in [0.3, 0.4) is 0 Å². The molecule has 0 aromatic heterocycles. The van der Waals surface area contributed by atoms with Gasteiger partial charge in [-0.25, -0.2) is 0 Å². The van der Waals surface area contributed by atoms with E-state index in [0.717, 1.165) is 48.2 Å². The summed E-state index contributed by atoms with van der Waals surface area (Å²) in [5.41, 5.74) is 3.37. The van der Waals surface area contributed by atoms with Gasteiger partial charge in [0.25, 0.3) is 0 Å². The summed E-state index contributed by atoms with van der Waals surface area (Å²) in [5.74, 6) is 1.04. The minimum Gasteiger partial charge on any atom is -0.508 e. The Morgan fingerprint density at radius 3 is 2.30 bits per heavy atom. The molecule has 1 saturated heterocycles. The molecule has 0 radical (unpaired) electrons. The van der Waals surface area contributed by atoms with Gasteiger partial charge >= 0.3 is 0 Å². The zero-order chi connectivity index (χ0) is 15.6. The van der Waals surface area contributed by atoms with Crippen LogP contribution >= 0.6 is 40.7 Å². The van der Waals surface area contributed by atoms with E-state index >= 15 is 0 Å². The fourth-order valence-corrected chi connectivity index (χ4v) is 3.59. The van der Waals surface area contributed by atoms with E-state index in [1.807, 2.05) is 13.0 Å². The summed E-state index contributed by atoms with van der Waals surface area (Å²) >= 11 is 3.68. The summed E-state index contributed by atoms with van der Waals surface area (Å²) in [6.45, 7) is 12.8. The lowest BCUT2D eigenvalue weighted by Gasteiger charge is -2.37. The molecule has 1 aliphatic rings. The van der Waals surface area contributed by atoms with Gasteiger partial charge in [0.2, 0.25) is 0 Å². The van der Waals surface area contributed by atoms with E-state index in [0.29, 0.717) is 17.7 Å². The maximum Gasteiger partial charge on any atom is 0.120 e. The van der Waals surface area contributed by atoms with E-state index in [9.17, 15) is 5.11 Å². The first-order valence-electron chi connectivity index (χ1n) is 7.85. The third kappa shape index (κ3) is 5.50. The summed E-state index contributed by atoms with van der Waals surface area (Å²) in [5, 5.41) is 14.0. The monoisotopic (exact) mass is 426 g/mol. The first-order valence-corrected chi connectivity index (χ1v) is 8.64. The summed E-state index contributed by atoms with van der Waals surface area (Å²) in [6, 6.07) is 2.19. The highest BCUT2D eigenvalue weighted by molar-refractivity contribution is 9.10. The largest absolute Gasteiger partial charge is 0.508 e. The van der Waals surface area contributed by atoms with E-state index in [-0.39, 0.29) is 24.8 Å². The third-order valence-electron chi connectivity index (χ3n) is 4.33. The van der Waals surface area contributed by atoms with Gasteiger partial charge in [-0.05, 0) is 43.4 Å². The van der Waals surface area contributed by atoms with Gasteiger partial charge in [0, 0.05) is 42.3 Å². The molecule has 23 heavy (non-hydrogen) atoms. The molecule has 3 nitrogen and oxygen atoms in total. The molecule has 0 saturated carbocycles. The molecule has 134 valence electrons. The predicted octanol–water partition coefficient (Wildman–Crippen LogP) is 4.61. The first-order chi connectivity index (χ1) is 9.91. The quantitative estimate of drug-likeness (QED) is 0.736. The SMILES string of the molecule is Cc1cc(O)c([C@@H](CC(C)C)N2CCNCC2)c(C)c1Br.Cl.Cl. The third-order valence-corrected chi connectivity index (χ3v) is 5.55. The van der Waals surface area contributed by atoms with Crippen molar-refractivity contribution in [3.8, 4) is 5.75 Å². The number of nitrogens with one attached hydrogen (secondary N) is 1. The molecule has 1 aliphatic heterocycles. The van der Waals surface area contributed by atoms with Crippen molar-refractivity contribution < 1.29 is 5.11 Å². The number of phenolic OH excluding ortho intramolecular Hbond substituents is 1. The van der Waals surface area contributed by atoms with Gasteiger partial charge in [-0.3, -0.25) is 4.90 Å². The molecule has 0 amide bonds. The summed E-state index contributed by atoms with van der Waals surface area (Å²) in [6.07, 6.45) is 1.07. The zero-order valence-electron chi connectivity index (χ0n) is 14.4. The Morgan fingerprint density at radius 1 is 1.22 bits per heavy atom. The van der Waals surface area contributed by atoms with Crippen LogP contribution in [0.5, 0.6) is 5.75 Å². The molecule has 0 spiro atoms. The lowest BCUT2D eigenvalue weighted by Crippen LogP contribution is -2.45. The predicted molar refractivity (Wildman–Crippen MR) is 106 cm³/mol. The number of piperazine rings is 1. The second-order valence-electron chi connectivity index (χ2n) is 6.50. The average molecular weight is 428 g/mol. The van der Waals surface area contributed by atoms with Crippen LogP contribution in [0.15, 0.2) is 10.5 Å². The van der Waals surface area contributed by atoms with Crippen LogP contribution in [0.25, 0.3) is 0 Å². The van der Waals surface area contributed by atoms with Crippen molar-refractivity contribution in [2.75, 3.05) is 26.2 Å². The van der Waals surface area contributed by atoms with Crippen LogP contribution < -0.4 is 5.32 Å². The van der Waals surface area contributed by atoms with E-state index < -0.39 is 0 Å². The van der Waals surface area contributed by atoms with Gasteiger partial charge in [-0.15, -0.1) is 24.8 Å². The summed E-state index contributed by atoms with van der Waals surface area (Å²) < 4.78 is 1.12. The number of aryl methyl sites for hydroxylation is 1. The van der Waals surface area contributed by atoms with Crippen molar-refractivity contribution >= 4 is 40.7 Å². The Balaban J connectivity index is 0.00000242. The maximum absolute atomic E-state index is 10.5. The summed E-state index contributed by atoms with van der Waals surface area (Å²) in [4.78, 5) is 2.51. The van der Waals surface area contributed by atoms with E-state index in [1.54, 1.807) is 0 Å². The number of phenols is 1. The smallest absolute Gasteiger partial charge is 0.120 e. The highest BCUT2D eigenvalue weighted by Crippen LogP contribution is 2.40. The fourth-order valence-electron chi connectivity index (χ4n) is 3.26. The van der Waals surface area contributed by atoms with Crippen molar-refractivity contribution in [2.24, 2.45) is 5.92 Å². The molecule has 1 heterocycles. The highest BCUT2D eigenvalue weighted by Gasteiger charge is 2.27. The van der Waals surface area contributed by atoms with Crippen LogP contribution in [0.1, 0.15) is 43.0 Å². The molecule has 2 rings (SSSR count). The number of rotatable bonds is 4. The van der Waals surface area contributed by atoms with Crippen molar-refractivity contribution in [3.05, 3.63) is 27.2 Å². The molecule has 1 fully saturated rings.